The molecule has 0 radical (unpaired) electrons. The molecule has 306 valence electrons. The third-order valence-corrected chi connectivity index (χ3v) is 11.9. The number of nitriles is 1. The molecule has 0 unspecified atom stereocenters. The van der Waals surface area contributed by atoms with Crippen molar-refractivity contribution in [3.8, 4) is 90.7 Å². The summed E-state index contributed by atoms with van der Waals surface area (Å²) in [6.45, 7) is 4.29. The number of aryl methyl sites for hydroxylation is 2. The fourth-order valence-corrected chi connectivity index (χ4v) is 8.98. The molecule has 8 aromatic carbocycles. The molecule has 11 aromatic rings. The van der Waals surface area contributed by atoms with Crippen molar-refractivity contribution in [2.75, 3.05) is 0 Å². The van der Waals surface area contributed by atoms with Gasteiger partial charge in [0.15, 0.2) is 11.6 Å². The molecule has 3 heterocycles. The van der Waals surface area contributed by atoms with Gasteiger partial charge in [0.2, 0.25) is 0 Å². The van der Waals surface area contributed by atoms with E-state index in [1.54, 1.807) is 0 Å². The lowest BCUT2D eigenvalue weighted by Crippen LogP contribution is -2.06. The van der Waals surface area contributed by atoms with E-state index in [4.69, 9.17) is 19.9 Å². The van der Waals surface area contributed by atoms with Crippen LogP contribution in [0.1, 0.15) is 16.7 Å². The summed E-state index contributed by atoms with van der Waals surface area (Å²) in [5.74, 6) is 1.06. The zero-order valence-electron chi connectivity index (χ0n) is 35.8. The van der Waals surface area contributed by atoms with E-state index >= 15 is 0 Å². The highest BCUT2D eigenvalue weighted by Gasteiger charge is 2.25. The van der Waals surface area contributed by atoms with E-state index in [0.717, 1.165) is 83.5 Å². The van der Waals surface area contributed by atoms with Crippen molar-refractivity contribution in [2.45, 2.75) is 13.8 Å². The van der Waals surface area contributed by atoms with E-state index < -0.39 is 0 Å². The quantitative estimate of drug-likeness (QED) is 0.152. The fourth-order valence-electron chi connectivity index (χ4n) is 8.98. The lowest BCUT2D eigenvalue weighted by molar-refractivity contribution is 1.13. The molecule has 3 aromatic heterocycles. The molecular weight excluding hydrogens is 793 g/mol. The van der Waals surface area contributed by atoms with Crippen LogP contribution in [-0.2, 0) is 0 Å². The summed E-state index contributed by atoms with van der Waals surface area (Å²) in [5.41, 5.74) is 16.0. The van der Waals surface area contributed by atoms with Crippen LogP contribution in [0.15, 0.2) is 206 Å². The van der Waals surface area contributed by atoms with Crippen molar-refractivity contribution in [1.29, 1.82) is 5.26 Å². The largest absolute Gasteiger partial charge is 0.308 e. The molecule has 65 heavy (non-hydrogen) atoms. The number of para-hydroxylation sites is 1. The minimum Gasteiger partial charge on any atom is -0.308 e. The summed E-state index contributed by atoms with van der Waals surface area (Å²) in [6, 6.07) is 73.0. The van der Waals surface area contributed by atoms with E-state index in [9.17, 15) is 5.26 Å². The first kappa shape index (κ1) is 39.1. The number of aromatic nitrogens is 5. The second kappa shape index (κ2) is 16.5. The van der Waals surface area contributed by atoms with E-state index in [2.05, 4.69) is 122 Å². The molecule has 0 bridgehead atoms. The van der Waals surface area contributed by atoms with Crippen LogP contribution in [0.4, 0.5) is 0 Å². The second-order valence-corrected chi connectivity index (χ2v) is 16.4. The molecule has 0 saturated carbocycles. The topological polar surface area (TPSA) is 80.3 Å². The first-order chi connectivity index (χ1) is 32.0. The minimum atomic E-state index is 0.451. The van der Waals surface area contributed by atoms with Gasteiger partial charge in [-0.05, 0) is 61.4 Å². The van der Waals surface area contributed by atoms with Crippen molar-refractivity contribution in [1.82, 2.24) is 24.5 Å². The van der Waals surface area contributed by atoms with Gasteiger partial charge >= 0.3 is 0 Å². The Balaban J connectivity index is 1.30. The van der Waals surface area contributed by atoms with Gasteiger partial charge in [0.25, 0.3) is 0 Å². The highest BCUT2D eigenvalue weighted by atomic mass is 15.0. The summed E-state index contributed by atoms with van der Waals surface area (Å²) in [6.07, 6.45) is 0. The average molecular weight is 833 g/mol. The van der Waals surface area contributed by atoms with Crippen LogP contribution in [-0.4, -0.2) is 24.5 Å². The number of hydrogen-bond acceptors (Lipinski definition) is 5. The van der Waals surface area contributed by atoms with E-state index in [1.807, 2.05) is 109 Å². The zero-order valence-corrected chi connectivity index (χ0v) is 35.8. The summed E-state index contributed by atoms with van der Waals surface area (Å²) in [7, 11) is 0. The van der Waals surface area contributed by atoms with Crippen LogP contribution in [0.3, 0.4) is 0 Å². The van der Waals surface area contributed by atoms with Gasteiger partial charge in [-0.15, -0.1) is 0 Å². The Morgan fingerprint density at radius 1 is 0.369 bits per heavy atom. The Hall–Kier alpha value is -8.79. The van der Waals surface area contributed by atoms with Gasteiger partial charge in [-0.3, -0.25) is 0 Å². The molecule has 0 aliphatic carbocycles. The Labute approximate surface area is 377 Å². The number of hydrogen-bond donors (Lipinski definition) is 0. The smallest absolute Gasteiger partial charge is 0.162 e. The van der Waals surface area contributed by atoms with E-state index in [-0.39, 0.29) is 0 Å². The minimum absolute atomic E-state index is 0.451. The third kappa shape index (κ3) is 7.41. The number of fused-ring (bicyclic) bond motifs is 3. The normalized spacial score (nSPS) is 11.2. The first-order valence-electron chi connectivity index (χ1n) is 21.7. The molecule has 11 rings (SSSR count). The predicted octanol–water partition coefficient (Wildman–Crippen LogP) is 14.5. The molecule has 0 saturated heterocycles. The van der Waals surface area contributed by atoms with Crippen LogP contribution in [0.25, 0.3) is 106 Å². The lowest BCUT2D eigenvalue weighted by Gasteiger charge is -2.20. The van der Waals surface area contributed by atoms with E-state index in [1.165, 1.54) is 11.1 Å². The monoisotopic (exact) mass is 832 g/mol. The summed E-state index contributed by atoms with van der Waals surface area (Å²) >= 11 is 0. The Morgan fingerprint density at radius 3 is 1.43 bits per heavy atom. The maximum Gasteiger partial charge on any atom is 0.162 e. The predicted molar refractivity (Wildman–Crippen MR) is 264 cm³/mol. The summed E-state index contributed by atoms with van der Waals surface area (Å²) < 4.78 is 2.33. The summed E-state index contributed by atoms with van der Waals surface area (Å²) in [4.78, 5) is 21.3. The maximum atomic E-state index is 11.0. The average Bonchev–Trinajstić information content (AvgIpc) is 3.69. The van der Waals surface area contributed by atoms with Gasteiger partial charge in [0.05, 0.1) is 51.1 Å². The number of rotatable bonds is 8. The molecule has 0 spiro atoms. The van der Waals surface area contributed by atoms with Gasteiger partial charge in [0, 0.05) is 44.2 Å². The van der Waals surface area contributed by atoms with Crippen molar-refractivity contribution >= 4 is 21.8 Å². The zero-order chi connectivity index (χ0) is 43.9. The Kier molecular flexibility index (Phi) is 9.91. The third-order valence-electron chi connectivity index (χ3n) is 11.9. The standard InChI is InChI=1S/C59H40N6/c1-38-29-39(2)31-46(30-38)45-27-28-48-47-25-15-16-26-55(47)65(56(48)34-45)57-49(54-36-53(43-21-11-5-12-22-43)61-58(64-54)44-23-13-6-14-24-44)32-40(37-60)33-50(57)59-62-51(41-17-7-3-8-18-41)35-52(63-59)42-19-9-4-10-20-42/h3-36H,1-2H3. The molecule has 6 heteroatoms. The summed E-state index contributed by atoms with van der Waals surface area (Å²) in [5, 5.41) is 13.1. The SMILES string of the molecule is Cc1cc(C)cc(-c2ccc3c4ccccc4n(-c4c(-c5cc(-c6ccccc6)nc(-c6ccccc6)n5)cc(C#N)cc4-c4nc(-c5ccccc5)cc(-c5ccccc5)n4)c3c2)c1. The van der Waals surface area contributed by atoms with Gasteiger partial charge in [-0.1, -0.05) is 181 Å². The Morgan fingerprint density at radius 2 is 0.846 bits per heavy atom. The first-order valence-corrected chi connectivity index (χ1v) is 21.7. The van der Waals surface area contributed by atoms with Crippen LogP contribution >= 0.6 is 0 Å². The fraction of sp³-hybridized carbons (Fsp3) is 0.0339. The van der Waals surface area contributed by atoms with Crippen molar-refractivity contribution < 1.29 is 0 Å². The van der Waals surface area contributed by atoms with Crippen molar-refractivity contribution in [3.63, 3.8) is 0 Å². The highest BCUT2D eigenvalue weighted by molar-refractivity contribution is 6.11. The Bertz CT molecular complexity index is 3330. The van der Waals surface area contributed by atoms with Crippen LogP contribution in [0.2, 0.25) is 0 Å². The molecular formula is C59H40N6. The van der Waals surface area contributed by atoms with E-state index in [0.29, 0.717) is 28.5 Å². The van der Waals surface area contributed by atoms with Gasteiger partial charge in [-0.25, -0.2) is 19.9 Å². The molecule has 0 amide bonds. The molecule has 0 aliphatic heterocycles. The van der Waals surface area contributed by atoms with Gasteiger partial charge in [0.1, 0.15) is 0 Å². The molecule has 0 aliphatic rings. The number of nitrogens with zero attached hydrogens (tertiary/aromatic N) is 6. The second-order valence-electron chi connectivity index (χ2n) is 16.4. The lowest BCUT2D eigenvalue weighted by atomic mass is 9.97. The van der Waals surface area contributed by atoms with Crippen molar-refractivity contribution in [3.05, 3.63) is 223 Å². The van der Waals surface area contributed by atoms with Gasteiger partial charge in [-0.2, -0.15) is 5.26 Å². The highest BCUT2D eigenvalue weighted by Crippen LogP contribution is 2.44. The van der Waals surface area contributed by atoms with Crippen molar-refractivity contribution in [2.24, 2.45) is 0 Å². The van der Waals surface area contributed by atoms with Crippen LogP contribution < -0.4 is 0 Å². The molecule has 6 nitrogen and oxygen atoms in total. The van der Waals surface area contributed by atoms with Crippen LogP contribution in [0, 0.1) is 25.2 Å². The number of benzene rings is 8. The molecule has 0 fully saturated rings. The maximum absolute atomic E-state index is 11.0. The molecule has 0 N–H and O–H groups in total. The van der Waals surface area contributed by atoms with Gasteiger partial charge < -0.3 is 4.57 Å². The molecule has 0 atom stereocenters. The van der Waals surface area contributed by atoms with Crippen LogP contribution in [0.5, 0.6) is 0 Å².